The predicted molar refractivity (Wildman–Crippen MR) is 73.2 cm³/mol. The fraction of sp³-hybridized carbons (Fsp3) is 0.929. The fourth-order valence-electron chi connectivity index (χ4n) is 2.19. The number of carbonyl (C=O) groups is 1. The van der Waals surface area contributed by atoms with Crippen molar-refractivity contribution >= 4 is 5.97 Å². The quantitative estimate of drug-likeness (QED) is 0.470. The van der Waals surface area contributed by atoms with Gasteiger partial charge in [0.15, 0.2) is 0 Å². The van der Waals surface area contributed by atoms with Crippen LogP contribution in [0.2, 0.25) is 0 Å². The summed E-state index contributed by atoms with van der Waals surface area (Å²) >= 11 is 0. The van der Waals surface area contributed by atoms with Gasteiger partial charge < -0.3 is 14.2 Å². The molecule has 1 saturated heterocycles. The molecule has 0 aromatic heterocycles. The minimum Gasteiger partial charge on any atom is -0.464 e. The summed E-state index contributed by atoms with van der Waals surface area (Å²) in [6, 6.07) is 0. The lowest BCUT2D eigenvalue weighted by molar-refractivity contribution is -0.148. The maximum atomic E-state index is 11.1. The molecule has 5 nitrogen and oxygen atoms in total. The van der Waals surface area contributed by atoms with Crippen molar-refractivity contribution in [3.63, 3.8) is 0 Å². The van der Waals surface area contributed by atoms with Crippen molar-refractivity contribution in [3.05, 3.63) is 0 Å². The van der Waals surface area contributed by atoms with Crippen molar-refractivity contribution < 1.29 is 19.0 Å². The van der Waals surface area contributed by atoms with Crippen LogP contribution in [-0.2, 0) is 19.0 Å². The topological polar surface area (TPSA) is 48.0 Å². The Hall–Kier alpha value is -0.650. The van der Waals surface area contributed by atoms with Crippen LogP contribution in [0.25, 0.3) is 0 Å². The Morgan fingerprint density at radius 2 is 2.16 bits per heavy atom. The van der Waals surface area contributed by atoms with Gasteiger partial charge in [0.25, 0.3) is 0 Å². The predicted octanol–water partition coefficient (Wildman–Crippen LogP) is 1.46. The molecule has 0 spiro atoms. The number of rotatable bonds is 9. The van der Waals surface area contributed by atoms with Crippen molar-refractivity contribution in [1.29, 1.82) is 0 Å². The molecular weight excluding hydrogens is 246 g/mol. The summed E-state index contributed by atoms with van der Waals surface area (Å²) in [4.78, 5) is 13.4. The van der Waals surface area contributed by atoms with Crippen molar-refractivity contribution in [2.24, 2.45) is 0 Å². The van der Waals surface area contributed by atoms with Gasteiger partial charge in [-0.15, -0.1) is 0 Å². The van der Waals surface area contributed by atoms with Gasteiger partial charge in [-0.3, -0.25) is 4.90 Å². The van der Waals surface area contributed by atoms with Gasteiger partial charge in [0.1, 0.15) is 6.61 Å². The first kappa shape index (κ1) is 16.4. The minimum atomic E-state index is -0.287. The molecule has 1 fully saturated rings. The van der Waals surface area contributed by atoms with Gasteiger partial charge in [-0.05, 0) is 32.7 Å². The molecule has 1 rings (SSSR count). The zero-order valence-corrected chi connectivity index (χ0v) is 12.2. The molecule has 1 unspecified atom stereocenters. The number of hydrogen-bond donors (Lipinski definition) is 0. The SMILES string of the molecule is CCCOC1CCCN(CCOCC(=O)OCC)C1. The zero-order chi connectivity index (χ0) is 13.9. The highest BCUT2D eigenvalue weighted by atomic mass is 16.6. The smallest absolute Gasteiger partial charge is 0.332 e. The third-order valence-electron chi connectivity index (χ3n) is 3.10. The molecule has 0 aromatic rings. The van der Waals surface area contributed by atoms with Gasteiger partial charge in [-0.25, -0.2) is 4.79 Å². The second kappa shape index (κ2) is 10.2. The Kier molecular flexibility index (Phi) is 8.79. The molecule has 112 valence electrons. The molecule has 1 aliphatic heterocycles. The Balaban J connectivity index is 2.06. The number of likely N-dealkylation sites (tertiary alicyclic amines) is 1. The third kappa shape index (κ3) is 7.50. The Labute approximate surface area is 116 Å². The summed E-state index contributed by atoms with van der Waals surface area (Å²) in [6.07, 6.45) is 3.75. The number of piperidine rings is 1. The van der Waals surface area contributed by atoms with E-state index in [4.69, 9.17) is 14.2 Å². The largest absolute Gasteiger partial charge is 0.464 e. The molecule has 19 heavy (non-hydrogen) atoms. The van der Waals surface area contributed by atoms with Gasteiger partial charge in [0.05, 0.1) is 19.3 Å². The van der Waals surface area contributed by atoms with Gasteiger partial charge in [0.2, 0.25) is 0 Å². The van der Waals surface area contributed by atoms with Crippen LogP contribution in [0, 0.1) is 0 Å². The van der Waals surface area contributed by atoms with E-state index in [9.17, 15) is 4.79 Å². The molecule has 0 N–H and O–H groups in total. The molecule has 0 bridgehead atoms. The molecular formula is C14H27NO4. The third-order valence-corrected chi connectivity index (χ3v) is 3.10. The van der Waals surface area contributed by atoms with Gasteiger partial charge >= 0.3 is 5.97 Å². The summed E-state index contributed by atoms with van der Waals surface area (Å²) in [5, 5.41) is 0. The van der Waals surface area contributed by atoms with Crippen LogP contribution in [0.1, 0.15) is 33.1 Å². The van der Waals surface area contributed by atoms with Crippen LogP contribution in [0.3, 0.4) is 0 Å². The average Bonchev–Trinajstić information content (AvgIpc) is 2.42. The Bertz CT molecular complexity index is 248. The highest BCUT2D eigenvalue weighted by Gasteiger charge is 2.19. The first-order chi connectivity index (χ1) is 9.26. The first-order valence-corrected chi connectivity index (χ1v) is 7.33. The van der Waals surface area contributed by atoms with Crippen LogP contribution in [0.15, 0.2) is 0 Å². The molecule has 1 aliphatic rings. The lowest BCUT2D eigenvalue weighted by atomic mass is 10.1. The summed E-state index contributed by atoms with van der Waals surface area (Å²) in [5.74, 6) is -0.287. The monoisotopic (exact) mass is 273 g/mol. The van der Waals surface area contributed by atoms with Crippen LogP contribution in [-0.4, -0.2) is 63.0 Å². The Morgan fingerprint density at radius 3 is 2.89 bits per heavy atom. The van der Waals surface area contributed by atoms with E-state index in [1.54, 1.807) is 6.92 Å². The maximum absolute atomic E-state index is 11.1. The highest BCUT2D eigenvalue weighted by Crippen LogP contribution is 2.13. The molecule has 1 atom stereocenters. The fourth-order valence-corrected chi connectivity index (χ4v) is 2.19. The minimum absolute atomic E-state index is 0.0530. The number of nitrogens with zero attached hydrogens (tertiary/aromatic N) is 1. The van der Waals surface area contributed by atoms with Crippen LogP contribution >= 0.6 is 0 Å². The van der Waals surface area contributed by atoms with Crippen molar-refractivity contribution in [3.8, 4) is 0 Å². The second-order valence-electron chi connectivity index (χ2n) is 4.79. The second-order valence-corrected chi connectivity index (χ2v) is 4.79. The van der Waals surface area contributed by atoms with Crippen LogP contribution < -0.4 is 0 Å². The van der Waals surface area contributed by atoms with E-state index < -0.39 is 0 Å². The molecule has 0 radical (unpaired) electrons. The van der Waals surface area contributed by atoms with E-state index in [0.29, 0.717) is 19.3 Å². The van der Waals surface area contributed by atoms with E-state index in [1.165, 1.54) is 6.42 Å². The standard InChI is InChI=1S/C14H27NO4/c1-3-9-19-13-6-5-7-15(11-13)8-10-17-12-14(16)18-4-2/h13H,3-12H2,1-2H3. The van der Waals surface area contributed by atoms with E-state index in [0.717, 1.165) is 39.1 Å². The summed E-state index contributed by atoms with van der Waals surface area (Å²) in [6.45, 7) is 8.72. The Morgan fingerprint density at radius 1 is 1.32 bits per heavy atom. The van der Waals surface area contributed by atoms with Crippen molar-refractivity contribution in [1.82, 2.24) is 4.90 Å². The van der Waals surface area contributed by atoms with Gasteiger partial charge in [-0.1, -0.05) is 6.92 Å². The molecule has 0 aliphatic carbocycles. The van der Waals surface area contributed by atoms with Crippen LogP contribution in [0.5, 0.6) is 0 Å². The van der Waals surface area contributed by atoms with Crippen molar-refractivity contribution in [2.45, 2.75) is 39.2 Å². The summed E-state index contributed by atoms with van der Waals surface area (Å²) in [7, 11) is 0. The van der Waals surface area contributed by atoms with Crippen molar-refractivity contribution in [2.75, 3.05) is 46.1 Å². The lowest BCUT2D eigenvalue weighted by Crippen LogP contribution is -2.41. The van der Waals surface area contributed by atoms with E-state index in [-0.39, 0.29) is 12.6 Å². The van der Waals surface area contributed by atoms with Gasteiger partial charge in [0, 0.05) is 19.7 Å². The van der Waals surface area contributed by atoms with E-state index in [2.05, 4.69) is 11.8 Å². The normalized spacial score (nSPS) is 20.4. The van der Waals surface area contributed by atoms with Crippen LogP contribution in [0.4, 0.5) is 0 Å². The van der Waals surface area contributed by atoms with Gasteiger partial charge in [-0.2, -0.15) is 0 Å². The number of esters is 1. The molecule has 0 saturated carbocycles. The maximum Gasteiger partial charge on any atom is 0.332 e. The average molecular weight is 273 g/mol. The van der Waals surface area contributed by atoms with E-state index in [1.807, 2.05) is 0 Å². The summed E-state index contributed by atoms with van der Waals surface area (Å²) in [5.41, 5.74) is 0. The highest BCUT2D eigenvalue weighted by molar-refractivity contribution is 5.70. The van der Waals surface area contributed by atoms with E-state index >= 15 is 0 Å². The first-order valence-electron chi connectivity index (χ1n) is 7.33. The number of ether oxygens (including phenoxy) is 3. The molecule has 1 heterocycles. The number of hydrogen-bond acceptors (Lipinski definition) is 5. The molecule has 0 amide bonds. The zero-order valence-electron chi connectivity index (χ0n) is 12.2. The molecule has 5 heteroatoms. The number of carbonyl (C=O) groups excluding carboxylic acids is 1. The summed E-state index contributed by atoms with van der Waals surface area (Å²) < 4.78 is 15.9. The lowest BCUT2D eigenvalue weighted by Gasteiger charge is -2.32. The molecule has 0 aromatic carbocycles.